The van der Waals surface area contributed by atoms with Gasteiger partial charge in [0.2, 0.25) is 5.78 Å². The lowest BCUT2D eigenvalue weighted by atomic mass is 10.1. The van der Waals surface area contributed by atoms with Crippen LogP contribution in [0.5, 0.6) is 0 Å². The molecule has 2 rings (SSSR count). The SMILES string of the molecule is Cc1nccnc1C(=O)/C=C/c1ccc(Cl)cc1. The van der Waals surface area contributed by atoms with Crippen LogP contribution in [0.2, 0.25) is 5.02 Å². The summed E-state index contributed by atoms with van der Waals surface area (Å²) in [5.74, 6) is -0.157. The lowest BCUT2D eigenvalue weighted by molar-refractivity contribution is 0.104. The van der Waals surface area contributed by atoms with E-state index in [1.807, 2.05) is 12.1 Å². The van der Waals surface area contributed by atoms with Gasteiger partial charge in [0.1, 0.15) is 5.69 Å². The largest absolute Gasteiger partial charge is 0.287 e. The zero-order chi connectivity index (χ0) is 13.0. The minimum atomic E-state index is -0.157. The average molecular weight is 259 g/mol. The first-order valence-corrected chi connectivity index (χ1v) is 5.80. The molecular weight excluding hydrogens is 248 g/mol. The number of nitrogens with zero attached hydrogens (tertiary/aromatic N) is 2. The van der Waals surface area contributed by atoms with Crippen LogP contribution in [0.1, 0.15) is 21.7 Å². The van der Waals surface area contributed by atoms with Gasteiger partial charge >= 0.3 is 0 Å². The summed E-state index contributed by atoms with van der Waals surface area (Å²) >= 11 is 5.78. The standard InChI is InChI=1S/C14H11ClN2O/c1-10-14(17-9-8-16-10)13(18)7-4-11-2-5-12(15)6-3-11/h2-9H,1H3/b7-4+. The second-order valence-corrected chi connectivity index (χ2v) is 4.18. The van der Waals surface area contributed by atoms with Crippen LogP contribution in [-0.4, -0.2) is 15.8 Å². The molecule has 2 aromatic rings. The van der Waals surface area contributed by atoms with Gasteiger partial charge in [-0.1, -0.05) is 29.8 Å². The van der Waals surface area contributed by atoms with E-state index in [4.69, 9.17) is 11.6 Å². The molecule has 18 heavy (non-hydrogen) atoms. The first-order valence-electron chi connectivity index (χ1n) is 5.42. The monoisotopic (exact) mass is 258 g/mol. The molecule has 0 radical (unpaired) electrons. The molecule has 0 N–H and O–H groups in total. The number of hydrogen-bond acceptors (Lipinski definition) is 3. The fourth-order valence-electron chi connectivity index (χ4n) is 1.47. The van der Waals surface area contributed by atoms with Gasteiger partial charge in [0.15, 0.2) is 0 Å². The minimum Gasteiger partial charge on any atom is -0.287 e. The average Bonchev–Trinajstić information content (AvgIpc) is 2.38. The number of halogens is 1. The second kappa shape index (κ2) is 5.56. The molecule has 0 amide bonds. The molecule has 1 aromatic heterocycles. The number of carbonyl (C=O) groups excluding carboxylic acids is 1. The Bertz CT molecular complexity index is 591. The lowest BCUT2D eigenvalue weighted by Crippen LogP contribution is -2.02. The molecule has 4 heteroatoms. The molecule has 0 saturated heterocycles. The van der Waals surface area contributed by atoms with Crippen LogP contribution in [0.15, 0.2) is 42.7 Å². The van der Waals surface area contributed by atoms with Crippen molar-refractivity contribution < 1.29 is 4.79 Å². The second-order valence-electron chi connectivity index (χ2n) is 3.74. The number of aromatic nitrogens is 2. The summed E-state index contributed by atoms with van der Waals surface area (Å²) in [6.45, 7) is 1.76. The highest BCUT2D eigenvalue weighted by atomic mass is 35.5. The van der Waals surface area contributed by atoms with Crippen LogP contribution in [0.3, 0.4) is 0 Å². The number of carbonyl (C=O) groups is 1. The first kappa shape index (κ1) is 12.5. The van der Waals surface area contributed by atoms with Crippen molar-refractivity contribution in [3.05, 3.63) is 64.7 Å². The minimum absolute atomic E-state index is 0.157. The third-order valence-corrected chi connectivity index (χ3v) is 2.66. The van der Waals surface area contributed by atoms with Crippen LogP contribution in [0.4, 0.5) is 0 Å². The van der Waals surface area contributed by atoms with Crippen LogP contribution in [-0.2, 0) is 0 Å². The molecule has 0 bridgehead atoms. The number of ketones is 1. The van der Waals surface area contributed by atoms with Crippen molar-refractivity contribution >= 4 is 23.5 Å². The Morgan fingerprint density at radius 2 is 1.83 bits per heavy atom. The Hall–Kier alpha value is -2.00. The molecule has 0 aliphatic carbocycles. The van der Waals surface area contributed by atoms with E-state index >= 15 is 0 Å². The number of hydrogen-bond donors (Lipinski definition) is 0. The Kier molecular flexibility index (Phi) is 3.85. The maximum Gasteiger partial charge on any atom is 0.206 e. The van der Waals surface area contributed by atoms with Crippen LogP contribution < -0.4 is 0 Å². The smallest absolute Gasteiger partial charge is 0.206 e. The molecule has 3 nitrogen and oxygen atoms in total. The van der Waals surface area contributed by atoms with Crippen molar-refractivity contribution in [2.24, 2.45) is 0 Å². The van der Waals surface area contributed by atoms with E-state index in [-0.39, 0.29) is 5.78 Å². The fraction of sp³-hybridized carbons (Fsp3) is 0.0714. The quantitative estimate of drug-likeness (QED) is 0.626. The van der Waals surface area contributed by atoms with Gasteiger partial charge in [-0.25, -0.2) is 4.98 Å². The van der Waals surface area contributed by atoms with Crippen molar-refractivity contribution in [3.63, 3.8) is 0 Å². The van der Waals surface area contributed by atoms with Gasteiger partial charge < -0.3 is 0 Å². The van der Waals surface area contributed by atoms with Crippen LogP contribution in [0, 0.1) is 6.92 Å². The predicted molar refractivity (Wildman–Crippen MR) is 71.6 cm³/mol. The molecule has 90 valence electrons. The summed E-state index contributed by atoms with van der Waals surface area (Å²) in [6, 6.07) is 7.24. The zero-order valence-corrected chi connectivity index (χ0v) is 10.6. The molecule has 0 saturated carbocycles. The number of aryl methyl sites for hydroxylation is 1. The zero-order valence-electron chi connectivity index (χ0n) is 9.80. The lowest BCUT2D eigenvalue weighted by Gasteiger charge is -1.98. The molecule has 0 fully saturated rings. The van der Waals surface area contributed by atoms with Crippen molar-refractivity contribution in [1.82, 2.24) is 9.97 Å². The topological polar surface area (TPSA) is 42.9 Å². The van der Waals surface area contributed by atoms with Gasteiger partial charge in [-0.2, -0.15) is 0 Å². The van der Waals surface area contributed by atoms with Crippen LogP contribution in [0.25, 0.3) is 6.08 Å². The Morgan fingerprint density at radius 1 is 1.17 bits per heavy atom. The summed E-state index contributed by atoms with van der Waals surface area (Å²) in [6.07, 6.45) is 6.29. The van der Waals surface area contributed by atoms with Crippen molar-refractivity contribution in [2.45, 2.75) is 6.92 Å². The number of allylic oxidation sites excluding steroid dienone is 1. The van der Waals surface area contributed by atoms with Crippen molar-refractivity contribution in [1.29, 1.82) is 0 Å². The Balaban J connectivity index is 2.17. The molecule has 0 unspecified atom stereocenters. The van der Waals surface area contributed by atoms with Gasteiger partial charge in [-0.3, -0.25) is 9.78 Å². The molecule has 0 spiro atoms. The molecular formula is C14H11ClN2O. The van der Waals surface area contributed by atoms with E-state index in [0.717, 1.165) is 5.56 Å². The molecule has 0 aliphatic heterocycles. The summed E-state index contributed by atoms with van der Waals surface area (Å²) in [7, 11) is 0. The number of benzene rings is 1. The van der Waals surface area contributed by atoms with Gasteiger partial charge in [-0.05, 0) is 30.7 Å². The van der Waals surface area contributed by atoms with E-state index in [1.54, 1.807) is 31.3 Å². The Morgan fingerprint density at radius 3 is 2.50 bits per heavy atom. The predicted octanol–water partition coefficient (Wildman–Crippen LogP) is 3.33. The highest BCUT2D eigenvalue weighted by molar-refractivity contribution is 6.30. The molecule has 0 aliphatic rings. The molecule has 0 atom stereocenters. The number of rotatable bonds is 3. The van der Waals surface area contributed by atoms with Gasteiger partial charge in [0.05, 0.1) is 5.69 Å². The fourth-order valence-corrected chi connectivity index (χ4v) is 1.60. The Labute approximate surface area is 110 Å². The van der Waals surface area contributed by atoms with Crippen molar-refractivity contribution in [3.8, 4) is 0 Å². The maximum absolute atomic E-state index is 11.9. The first-order chi connectivity index (χ1) is 8.66. The summed E-state index contributed by atoms with van der Waals surface area (Å²) in [5.41, 5.74) is 1.92. The molecule has 1 aromatic carbocycles. The van der Waals surface area contributed by atoms with E-state index in [9.17, 15) is 4.79 Å². The molecule has 1 heterocycles. The summed E-state index contributed by atoms with van der Waals surface area (Å²) in [5, 5.41) is 0.670. The van der Waals surface area contributed by atoms with E-state index in [2.05, 4.69) is 9.97 Å². The highest BCUT2D eigenvalue weighted by Crippen LogP contribution is 2.11. The highest BCUT2D eigenvalue weighted by Gasteiger charge is 2.07. The third-order valence-electron chi connectivity index (χ3n) is 2.41. The summed E-state index contributed by atoms with van der Waals surface area (Å²) in [4.78, 5) is 19.9. The van der Waals surface area contributed by atoms with E-state index < -0.39 is 0 Å². The van der Waals surface area contributed by atoms with E-state index in [0.29, 0.717) is 16.4 Å². The maximum atomic E-state index is 11.9. The van der Waals surface area contributed by atoms with Crippen molar-refractivity contribution in [2.75, 3.05) is 0 Å². The van der Waals surface area contributed by atoms with Crippen LogP contribution >= 0.6 is 11.6 Å². The normalized spacial score (nSPS) is 10.8. The van der Waals surface area contributed by atoms with Gasteiger partial charge in [-0.15, -0.1) is 0 Å². The summed E-state index contributed by atoms with van der Waals surface area (Å²) < 4.78 is 0. The van der Waals surface area contributed by atoms with Gasteiger partial charge in [0, 0.05) is 17.4 Å². The van der Waals surface area contributed by atoms with Gasteiger partial charge in [0.25, 0.3) is 0 Å². The van der Waals surface area contributed by atoms with E-state index in [1.165, 1.54) is 12.3 Å². The third kappa shape index (κ3) is 3.02.